The van der Waals surface area contributed by atoms with Crippen molar-refractivity contribution in [2.75, 3.05) is 26.7 Å². The Kier molecular flexibility index (Phi) is 7.18. The number of hydrogen-bond donors (Lipinski definition) is 2. The average molecular weight is 424 g/mol. The van der Waals surface area contributed by atoms with Crippen LogP contribution in [0.2, 0.25) is 0 Å². The van der Waals surface area contributed by atoms with Gasteiger partial charge in [0, 0.05) is 37.6 Å². The number of likely N-dealkylation sites (tertiary alicyclic amines) is 1. The van der Waals surface area contributed by atoms with Crippen LogP contribution in [0.25, 0.3) is 0 Å². The quantitative estimate of drug-likeness (QED) is 0.414. The van der Waals surface area contributed by atoms with Gasteiger partial charge in [0.05, 0.1) is 5.41 Å². The van der Waals surface area contributed by atoms with Gasteiger partial charge in [-0.3, -0.25) is 9.79 Å². The number of nitrogens with zero attached hydrogens (tertiary/aromatic N) is 2. The first kappa shape index (κ1) is 21.5. The maximum absolute atomic E-state index is 12.0. The second-order valence-electron chi connectivity index (χ2n) is 7.67. The number of amides is 1. The minimum Gasteiger partial charge on any atom is -0.356 e. The molecular formula is C16H33IN4O. The summed E-state index contributed by atoms with van der Waals surface area (Å²) >= 11 is 0. The van der Waals surface area contributed by atoms with E-state index in [0.717, 1.165) is 12.5 Å². The average Bonchev–Trinajstić information content (AvgIpc) is 2.38. The molecule has 0 spiro atoms. The highest BCUT2D eigenvalue weighted by atomic mass is 127. The number of halogens is 1. The molecule has 0 unspecified atom stereocenters. The number of nitrogens with one attached hydrogen (secondary N) is 2. The van der Waals surface area contributed by atoms with Gasteiger partial charge in [0.1, 0.15) is 0 Å². The van der Waals surface area contributed by atoms with Gasteiger partial charge < -0.3 is 15.5 Å². The molecule has 0 aliphatic carbocycles. The number of guanidine groups is 1. The molecule has 0 saturated carbocycles. The van der Waals surface area contributed by atoms with E-state index < -0.39 is 5.41 Å². The fourth-order valence-electron chi connectivity index (χ4n) is 2.48. The fourth-order valence-corrected chi connectivity index (χ4v) is 2.48. The van der Waals surface area contributed by atoms with E-state index in [1.54, 1.807) is 7.05 Å². The molecule has 5 nitrogen and oxygen atoms in total. The summed E-state index contributed by atoms with van der Waals surface area (Å²) in [5, 5.41) is 6.24. The molecule has 0 aromatic heterocycles. The van der Waals surface area contributed by atoms with Crippen LogP contribution >= 0.6 is 24.0 Å². The molecule has 1 amide bonds. The summed E-state index contributed by atoms with van der Waals surface area (Å²) in [6.45, 7) is 17.0. The van der Waals surface area contributed by atoms with E-state index in [-0.39, 0.29) is 40.8 Å². The molecule has 2 N–H and O–H groups in total. The molecule has 22 heavy (non-hydrogen) atoms. The van der Waals surface area contributed by atoms with Crippen molar-refractivity contribution < 1.29 is 4.79 Å². The topological polar surface area (TPSA) is 56.7 Å². The molecule has 1 aliphatic rings. The van der Waals surface area contributed by atoms with Gasteiger partial charge in [-0.15, -0.1) is 24.0 Å². The summed E-state index contributed by atoms with van der Waals surface area (Å²) in [6, 6.07) is 0. The van der Waals surface area contributed by atoms with E-state index in [0.29, 0.717) is 13.1 Å². The summed E-state index contributed by atoms with van der Waals surface area (Å²) in [4.78, 5) is 18.7. The van der Waals surface area contributed by atoms with Crippen LogP contribution in [0.1, 0.15) is 48.5 Å². The molecule has 6 heteroatoms. The zero-order chi connectivity index (χ0) is 16.5. The highest BCUT2D eigenvalue weighted by Crippen LogP contribution is 2.46. The third kappa shape index (κ3) is 4.06. The van der Waals surface area contributed by atoms with Gasteiger partial charge in [-0.1, -0.05) is 13.8 Å². The van der Waals surface area contributed by atoms with Crippen LogP contribution in [0.5, 0.6) is 0 Å². The monoisotopic (exact) mass is 424 g/mol. The molecule has 0 atom stereocenters. The molecule has 1 saturated heterocycles. The Hall–Kier alpha value is -0.530. The predicted molar refractivity (Wildman–Crippen MR) is 104 cm³/mol. The Morgan fingerprint density at radius 1 is 1.23 bits per heavy atom. The molecule has 130 valence electrons. The number of rotatable bonds is 4. The van der Waals surface area contributed by atoms with Gasteiger partial charge in [0.15, 0.2) is 5.96 Å². The Labute approximate surface area is 152 Å². The Bertz CT molecular complexity index is 430. The van der Waals surface area contributed by atoms with Gasteiger partial charge in [-0.2, -0.15) is 0 Å². The number of hydrogen-bond acceptors (Lipinski definition) is 2. The number of carbonyl (C=O) groups is 1. The van der Waals surface area contributed by atoms with Crippen LogP contribution in [-0.2, 0) is 4.79 Å². The first-order valence-corrected chi connectivity index (χ1v) is 7.76. The van der Waals surface area contributed by atoms with E-state index in [2.05, 4.69) is 48.2 Å². The Balaban J connectivity index is 0.00000441. The lowest BCUT2D eigenvalue weighted by Crippen LogP contribution is -2.72. The van der Waals surface area contributed by atoms with Crippen molar-refractivity contribution in [1.29, 1.82) is 0 Å². The zero-order valence-electron chi connectivity index (χ0n) is 15.3. The van der Waals surface area contributed by atoms with Gasteiger partial charge in [-0.25, -0.2) is 0 Å². The highest BCUT2D eigenvalue weighted by Gasteiger charge is 2.53. The van der Waals surface area contributed by atoms with Crippen molar-refractivity contribution >= 4 is 35.8 Å². The normalized spacial score (nSPS) is 19.8. The van der Waals surface area contributed by atoms with E-state index in [1.807, 2.05) is 20.8 Å². The van der Waals surface area contributed by atoms with Gasteiger partial charge in [-0.05, 0) is 34.6 Å². The maximum atomic E-state index is 12.0. The zero-order valence-corrected chi connectivity index (χ0v) is 17.7. The third-order valence-electron chi connectivity index (χ3n) is 4.99. The van der Waals surface area contributed by atoms with Crippen LogP contribution in [0.15, 0.2) is 4.99 Å². The van der Waals surface area contributed by atoms with E-state index >= 15 is 0 Å². The van der Waals surface area contributed by atoms with Crippen LogP contribution in [0.4, 0.5) is 0 Å². The highest BCUT2D eigenvalue weighted by molar-refractivity contribution is 14.0. The fraction of sp³-hybridized carbons (Fsp3) is 0.875. The van der Waals surface area contributed by atoms with Crippen LogP contribution in [0.3, 0.4) is 0 Å². The van der Waals surface area contributed by atoms with Crippen molar-refractivity contribution in [1.82, 2.24) is 15.5 Å². The first-order valence-electron chi connectivity index (χ1n) is 7.76. The van der Waals surface area contributed by atoms with Gasteiger partial charge in [0.25, 0.3) is 0 Å². The van der Waals surface area contributed by atoms with Crippen molar-refractivity contribution in [2.45, 2.75) is 54.0 Å². The Morgan fingerprint density at radius 2 is 1.77 bits per heavy atom. The number of aliphatic imine (C=N–C) groups is 1. The minimum absolute atomic E-state index is 0. The molecule has 1 aliphatic heterocycles. The second-order valence-corrected chi connectivity index (χ2v) is 7.67. The minimum atomic E-state index is -0.462. The second kappa shape index (κ2) is 7.36. The molecular weight excluding hydrogens is 391 g/mol. The van der Waals surface area contributed by atoms with Crippen molar-refractivity contribution in [3.63, 3.8) is 0 Å². The van der Waals surface area contributed by atoms with Crippen molar-refractivity contribution in [2.24, 2.45) is 15.8 Å². The first-order chi connectivity index (χ1) is 9.49. The summed E-state index contributed by atoms with van der Waals surface area (Å²) in [5.41, 5.74) is -0.138. The van der Waals surface area contributed by atoms with E-state index in [9.17, 15) is 4.79 Å². The van der Waals surface area contributed by atoms with Crippen molar-refractivity contribution in [3.8, 4) is 0 Å². The Morgan fingerprint density at radius 3 is 2.14 bits per heavy atom. The molecule has 1 fully saturated rings. The molecule has 0 radical (unpaired) electrons. The maximum Gasteiger partial charge on any atom is 0.227 e. The molecule has 1 heterocycles. The number of carbonyl (C=O) groups excluding carboxylic acids is 1. The third-order valence-corrected chi connectivity index (χ3v) is 4.99. The van der Waals surface area contributed by atoms with E-state index in [1.165, 1.54) is 0 Å². The van der Waals surface area contributed by atoms with Gasteiger partial charge >= 0.3 is 0 Å². The standard InChI is InChI=1S/C16H32N4O.HI/c1-9-18-12(21)14(2,3)10-19-13(17-8)20-11-15(4,5)16(20,6)7;/h9-11H2,1-8H3,(H,17,19)(H,18,21);1H. The molecule has 0 aromatic carbocycles. The molecule has 0 bridgehead atoms. The van der Waals surface area contributed by atoms with Crippen LogP contribution < -0.4 is 10.6 Å². The smallest absolute Gasteiger partial charge is 0.227 e. The largest absolute Gasteiger partial charge is 0.356 e. The van der Waals surface area contributed by atoms with Crippen LogP contribution in [-0.4, -0.2) is 49.0 Å². The molecule has 0 aromatic rings. The predicted octanol–water partition coefficient (Wildman–Crippen LogP) is 2.46. The lowest BCUT2D eigenvalue weighted by Gasteiger charge is -2.62. The summed E-state index contributed by atoms with van der Waals surface area (Å²) in [7, 11) is 1.79. The molecule has 1 rings (SSSR count). The van der Waals surface area contributed by atoms with E-state index in [4.69, 9.17) is 0 Å². The summed E-state index contributed by atoms with van der Waals surface area (Å²) in [6.07, 6.45) is 0. The summed E-state index contributed by atoms with van der Waals surface area (Å²) in [5.74, 6) is 0.938. The van der Waals surface area contributed by atoms with Gasteiger partial charge in [0.2, 0.25) is 5.91 Å². The lowest BCUT2D eigenvalue weighted by molar-refractivity contribution is -0.128. The summed E-state index contributed by atoms with van der Waals surface area (Å²) < 4.78 is 0. The van der Waals surface area contributed by atoms with Crippen LogP contribution in [0, 0.1) is 10.8 Å². The SMILES string of the molecule is CCNC(=O)C(C)(C)CNC(=NC)N1CC(C)(C)C1(C)C.I. The van der Waals surface area contributed by atoms with Crippen molar-refractivity contribution in [3.05, 3.63) is 0 Å². The lowest BCUT2D eigenvalue weighted by atomic mass is 9.65.